The van der Waals surface area contributed by atoms with E-state index in [0.717, 1.165) is 15.4 Å². The van der Waals surface area contributed by atoms with Gasteiger partial charge in [0.1, 0.15) is 0 Å². The molecule has 0 aliphatic rings. The predicted molar refractivity (Wildman–Crippen MR) is 89.7 cm³/mol. The van der Waals surface area contributed by atoms with Gasteiger partial charge in [-0.2, -0.15) is 0 Å². The molecule has 0 fully saturated rings. The normalized spacial score (nSPS) is 10.1. The molecule has 1 aromatic heterocycles. The summed E-state index contributed by atoms with van der Waals surface area (Å²) in [5.41, 5.74) is 9.86. The summed E-state index contributed by atoms with van der Waals surface area (Å²) in [4.78, 5) is 20.2. The number of rotatable bonds is 8. The number of aryl methyl sites for hydroxylation is 1. The molecule has 0 atom stereocenters. The number of nitrogens with zero attached hydrogens (tertiary/aromatic N) is 4. The van der Waals surface area contributed by atoms with Crippen molar-refractivity contribution in [2.45, 2.75) is 26.2 Å². The summed E-state index contributed by atoms with van der Waals surface area (Å²) in [5.74, 6) is -0.387. The lowest BCUT2D eigenvalue weighted by Gasteiger charge is -2.01. The Hall–Kier alpha value is -2.37. The molecule has 1 heterocycles. The first-order chi connectivity index (χ1) is 11.2. The average molecular weight is 330 g/mol. The minimum atomic E-state index is -0.387. The zero-order valence-electron chi connectivity index (χ0n) is 12.9. The first-order valence-corrected chi connectivity index (χ1v) is 8.26. The van der Waals surface area contributed by atoms with Crippen molar-refractivity contribution in [1.82, 2.24) is 4.98 Å². The number of carbonyl (C=O) groups excluding carboxylic acids is 1. The molecular weight excluding hydrogens is 312 g/mol. The van der Waals surface area contributed by atoms with Crippen molar-refractivity contribution in [2.75, 3.05) is 13.2 Å². The maximum absolute atomic E-state index is 12.1. The Morgan fingerprint density at radius 1 is 1.39 bits per heavy atom. The first kappa shape index (κ1) is 17.0. The number of carbonyl (C=O) groups is 1. The van der Waals surface area contributed by atoms with Crippen molar-refractivity contribution in [3.63, 3.8) is 0 Å². The molecule has 2 rings (SSSR count). The smallest absolute Gasteiger partial charge is 0.358 e. The van der Waals surface area contributed by atoms with E-state index in [-0.39, 0.29) is 5.97 Å². The molecule has 2 aromatic rings. The molecule has 23 heavy (non-hydrogen) atoms. The summed E-state index contributed by atoms with van der Waals surface area (Å²) in [6.07, 6.45) is 2.03. The lowest BCUT2D eigenvalue weighted by molar-refractivity contribution is 0.0519. The molecule has 1 aromatic carbocycles. The summed E-state index contributed by atoms with van der Waals surface area (Å²) in [7, 11) is 0. The van der Waals surface area contributed by atoms with Crippen LogP contribution in [0, 0.1) is 0 Å². The molecule has 0 aliphatic carbocycles. The molecule has 0 N–H and O–H groups in total. The molecule has 0 aliphatic heterocycles. The number of hydrogen-bond acceptors (Lipinski definition) is 5. The van der Waals surface area contributed by atoms with Crippen LogP contribution in [0.4, 0.5) is 0 Å². The van der Waals surface area contributed by atoms with Gasteiger partial charge < -0.3 is 4.74 Å². The van der Waals surface area contributed by atoms with Crippen molar-refractivity contribution in [2.24, 2.45) is 5.11 Å². The van der Waals surface area contributed by atoms with E-state index in [9.17, 15) is 4.79 Å². The van der Waals surface area contributed by atoms with Gasteiger partial charge in [0.05, 0.1) is 11.6 Å². The van der Waals surface area contributed by atoms with E-state index < -0.39 is 0 Å². The van der Waals surface area contributed by atoms with Crippen molar-refractivity contribution < 1.29 is 9.53 Å². The zero-order valence-corrected chi connectivity index (χ0v) is 13.8. The molecule has 120 valence electrons. The van der Waals surface area contributed by atoms with E-state index >= 15 is 0 Å². The van der Waals surface area contributed by atoms with Crippen molar-refractivity contribution in [3.8, 4) is 0 Å². The van der Waals surface area contributed by atoms with Crippen LogP contribution in [0.1, 0.15) is 39.3 Å². The van der Waals surface area contributed by atoms with Crippen molar-refractivity contribution >= 4 is 17.3 Å². The van der Waals surface area contributed by atoms with Gasteiger partial charge in [0.15, 0.2) is 5.69 Å². The Balaban J connectivity index is 2.16. The van der Waals surface area contributed by atoms with E-state index in [0.29, 0.717) is 38.1 Å². The molecule has 7 heteroatoms. The second-order valence-electron chi connectivity index (χ2n) is 4.82. The number of azide groups is 1. The number of aromatic nitrogens is 1. The third-order valence-electron chi connectivity index (χ3n) is 3.13. The minimum Gasteiger partial charge on any atom is -0.461 e. The molecule has 0 saturated carbocycles. The van der Waals surface area contributed by atoms with Gasteiger partial charge in [-0.25, -0.2) is 9.78 Å². The highest BCUT2D eigenvalue weighted by Crippen LogP contribution is 2.23. The number of ether oxygens (including phenoxy) is 1. The fourth-order valence-corrected chi connectivity index (χ4v) is 3.26. The van der Waals surface area contributed by atoms with Gasteiger partial charge in [0.2, 0.25) is 0 Å². The van der Waals surface area contributed by atoms with Crippen LogP contribution >= 0.6 is 11.3 Å². The van der Waals surface area contributed by atoms with Crippen LogP contribution < -0.4 is 0 Å². The van der Waals surface area contributed by atoms with Gasteiger partial charge in [-0.05, 0) is 30.9 Å². The molecule has 0 radical (unpaired) electrons. The van der Waals surface area contributed by atoms with Crippen molar-refractivity contribution in [1.29, 1.82) is 0 Å². The number of hydrogen-bond donors (Lipinski definition) is 0. The van der Waals surface area contributed by atoms with E-state index in [1.807, 2.05) is 30.3 Å². The fraction of sp³-hybridized carbons (Fsp3) is 0.375. The largest absolute Gasteiger partial charge is 0.461 e. The summed E-state index contributed by atoms with van der Waals surface area (Å²) >= 11 is 1.52. The van der Waals surface area contributed by atoms with E-state index in [4.69, 9.17) is 10.3 Å². The third kappa shape index (κ3) is 5.09. The SMILES string of the molecule is CCOC(=O)c1nc(Cc2ccccc2)sc1CCCN=[N+]=[N-]. The van der Waals surface area contributed by atoms with Crippen LogP contribution in [-0.4, -0.2) is 24.1 Å². The van der Waals surface area contributed by atoms with Gasteiger partial charge >= 0.3 is 5.97 Å². The number of thiazole rings is 1. The van der Waals surface area contributed by atoms with Crippen LogP contribution in [0.25, 0.3) is 10.4 Å². The highest BCUT2D eigenvalue weighted by Gasteiger charge is 2.19. The molecule has 0 unspecified atom stereocenters. The third-order valence-corrected chi connectivity index (χ3v) is 4.25. The summed E-state index contributed by atoms with van der Waals surface area (Å²) in [6, 6.07) is 10.0. The number of benzene rings is 1. The molecule has 0 spiro atoms. The second-order valence-corrected chi connectivity index (χ2v) is 5.99. The molecule has 0 amide bonds. The van der Waals surface area contributed by atoms with Crippen molar-refractivity contribution in [3.05, 3.63) is 61.9 Å². The molecule has 6 nitrogen and oxygen atoms in total. The van der Waals surface area contributed by atoms with E-state index in [1.54, 1.807) is 6.92 Å². The van der Waals surface area contributed by atoms with E-state index in [1.165, 1.54) is 11.3 Å². The van der Waals surface area contributed by atoms with Gasteiger partial charge in [-0.15, -0.1) is 11.3 Å². The quantitative estimate of drug-likeness (QED) is 0.239. The summed E-state index contributed by atoms with van der Waals surface area (Å²) < 4.78 is 5.08. The van der Waals surface area contributed by atoms with Gasteiger partial charge in [-0.1, -0.05) is 35.4 Å². The Kier molecular flexibility index (Phi) is 6.59. The minimum absolute atomic E-state index is 0.322. The number of esters is 1. The predicted octanol–water partition coefficient (Wildman–Crippen LogP) is 4.15. The standard InChI is InChI=1S/C16H18N4O2S/c1-2-22-16(21)15-13(9-6-10-18-20-17)23-14(19-15)11-12-7-4-3-5-8-12/h3-5,7-8H,2,6,9-11H2,1H3. The summed E-state index contributed by atoms with van der Waals surface area (Å²) in [5, 5.41) is 4.41. The Labute approximate surface area is 138 Å². The second kappa shape index (κ2) is 8.92. The lowest BCUT2D eigenvalue weighted by Crippen LogP contribution is -2.08. The Morgan fingerprint density at radius 2 is 2.17 bits per heavy atom. The first-order valence-electron chi connectivity index (χ1n) is 7.45. The van der Waals surface area contributed by atoms with E-state index in [2.05, 4.69) is 15.0 Å². The topological polar surface area (TPSA) is 88.0 Å². The molecule has 0 saturated heterocycles. The van der Waals surface area contributed by atoms with Crippen LogP contribution in [0.3, 0.4) is 0 Å². The van der Waals surface area contributed by atoms with Gasteiger partial charge in [0, 0.05) is 22.8 Å². The average Bonchev–Trinajstić information content (AvgIpc) is 2.96. The molecular formula is C16H18N4O2S. The van der Waals surface area contributed by atoms with Gasteiger partial charge in [0.25, 0.3) is 0 Å². The summed E-state index contributed by atoms with van der Waals surface area (Å²) in [6.45, 7) is 2.50. The fourth-order valence-electron chi connectivity index (χ4n) is 2.13. The van der Waals surface area contributed by atoms with Crippen LogP contribution in [0.15, 0.2) is 35.4 Å². The highest BCUT2D eigenvalue weighted by atomic mass is 32.1. The maximum atomic E-state index is 12.1. The Bertz CT molecular complexity index is 693. The van der Waals surface area contributed by atoms with Crippen LogP contribution in [-0.2, 0) is 17.6 Å². The maximum Gasteiger partial charge on any atom is 0.358 e. The zero-order chi connectivity index (χ0) is 16.5. The monoisotopic (exact) mass is 330 g/mol. The van der Waals surface area contributed by atoms with Crippen LogP contribution in [0.5, 0.6) is 0 Å². The van der Waals surface area contributed by atoms with Gasteiger partial charge in [-0.3, -0.25) is 0 Å². The molecule has 0 bridgehead atoms. The van der Waals surface area contributed by atoms with Crippen LogP contribution in [0.2, 0.25) is 0 Å². The highest BCUT2D eigenvalue weighted by molar-refractivity contribution is 7.12. The Morgan fingerprint density at radius 3 is 2.87 bits per heavy atom. The lowest BCUT2D eigenvalue weighted by atomic mass is 10.2.